The number of esters is 1. The van der Waals surface area contributed by atoms with Crippen molar-refractivity contribution in [1.29, 1.82) is 0 Å². The summed E-state index contributed by atoms with van der Waals surface area (Å²) in [5.74, 6) is 0.338. The molecule has 4 rings (SSSR count). The summed E-state index contributed by atoms with van der Waals surface area (Å²) in [5, 5.41) is 0. The molecule has 0 atom stereocenters. The summed E-state index contributed by atoms with van der Waals surface area (Å²) in [6.45, 7) is 3.84. The van der Waals surface area contributed by atoms with E-state index in [0.29, 0.717) is 22.6 Å². The van der Waals surface area contributed by atoms with Crippen LogP contribution in [-0.4, -0.2) is 11.8 Å². The van der Waals surface area contributed by atoms with Crippen molar-refractivity contribution in [3.05, 3.63) is 100 Å². The Morgan fingerprint density at radius 2 is 1.79 bits per heavy atom. The number of fused-ring (bicyclic) bond motifs is 1. The number of hydrogen-bond acceptors (Lipinski definition) is 4. The van der Waals surface area contributed by atoms with Gasteiger partial charge in [-0.1, -0.05) is 48.0 Å². The second-order valence-electron chi connectivity index (χ2n) is 6.72. The maximum Gasteiger partial charge on any atom is 0.343 e. The summed E-state index contributed by atoms with van der Waals surface area (Å²) in [5.41, 5.74) is 3.78. The van der Waals surface area contributed by atoms with Gasteiger partial charge in [0.25, 0.3) is 0 Å². The van der Waals surface area contributed by atoms with Crippen LogP contribution in [-0.2, 0) is 0 Å². The summed E-state index contributed by atoms with van der Waals surface area (Å²) in [6, 6.07) is 19.8. The van der Waals surface area contributed by atoms with Gasteiger partial charge in [-0.3, -0.25) is 4.79 Å². The fourth-order valence-electron chi connectivity index (χ4n) is 3.11. The molecule has 3 aromatic carbocycles. The summed E-state index contributed by atoms with van der Waals surface area (Å²) in [4.78, 5) is 25.0. The van der Waals surface area contributed by atoms with Gasteiger partial charge in [-0.05, 0) is 49.2 Å². The molecule has 1 aliphatic heterocycles. The molecular weight excluding hydrogens is 352 g/mol. The Kier molecular flexibility index (Phi) is 4.53. The molecule has 0 saturated heterocycles. The molecule has 0 unspecified atom stereocenters. The van der Waals surface area contributed by atoms with E-state index in [4.69, 9.17) is 9.47 Å². The molecule has 28 heavy (non-hydrogen) atoms. The fourth-order valence-corrected chi connectivity index (χ4v) is 3.11. The third kappa shape index (κ3) is 3.45. The van der Waals surface area contributed by atoms with Crippen molar-refractivity contribution < 1.29 is 19.1 Å². The van der Waals surface area contributed by atoms with Crippen LogP contribution < -0.4 is 9.47 Å². The minimum Gasteiger partial charge on any atom is -0.452 e. The summed E-state index contributed by atoms with van der Waals surface area (Å²) in [6.07, 6.45) is 1.72. The largest absolute Gasteiger partial charge is 0.452 e. The summed E-state index contributed by atoms with van der Waals surface area (Å²) < 4.78 is 11.2. The zero-order valence-electron chi connectivity index (χ0n) is 15.6. The average molecular weight is 370 g/mol. The van der Waals surface area contributed by atoms with Gasteiger partial charge in [0.15, 0.2) is 5.76 Å². The Morgan fingerprint density at radius 1 is 0.964 bits per heavy atom. The van der Waals surface area contributed by atoms with Crippen LogP contribution in [0.5, 0.6) is 11.5 Å². The minimum absolute atomic E-state index is 0.187. The van der Waals surface area contributed by atoms with Crippen molar-refractivity contribution >= 4 is 17.8 Å². The summed E-state index contributed by atoms with van der Waals surface area (Å²) >= 11 is 0. The second-order valence-corrected chi connectivity index (χ2v) is 6.72. The van der Waals surface area contributed by atoms with Gasteiger partial charge < -0.3 is 9.47 Å². The van der Waals surface area contributed by atoms with Gasteiger partial charge >= 0.3 is 5.97 Å². The molecule has 0 saturated carbocycles. The van der Waals surface area contributed by atoms with Crippen LogP contribution in [0.4, 0.5) is 0 Å². The van der Waals surface area contributed by atoms with Crippen LogP contribution in [0.1, 0.15) is 37.4 Å². The Balaban J connectivity index is 1.57. The number of ketones is 1. The van der Waals surface area contributed by atoms with E-state index >= 15 is 0 Å². The molecular formula is C24H18O4. The molecule has 138 valence electrons. The number of ether oxygens (including phenoxy) is 2. The standard InChI is InChI=1S/C24H18O4/c1-15-6-5-8-17(12-15)13-22-23(25)20-11-10-18(14-21(20)28-22)27-24(26)19-9-4-3-7-16(19)2/h3-14H,1-2H3/b22-13-. The van der Waals surface area contributed by atoms with Gasteiger partial charge in [-0.15, -0.1) is 0 Å². The topological polar surface area (TPSA) is 52.6 Å². The van der Waals surface area contributed by atoms with Crippen molar-refractivity contribution in [2.45, 2.75) is 13.8 Å². The molecule has 3 aromatic rings. The van der Waals surface area contributed by atoms with Crippen LogP contribution >= 0.6 is 0 Å². The van der Waals surface area contributed by atoms with Gasteiger partial charge in [0.1, 0.15) is 11.5 Å². The molecule has 0 amide bonds. The van der Waals surface area contributed by atoms with Gasteiger partial charge in [0.2, 0.25) is 5.78 Å². The Labute approximate surface area is 163 Å². The number of allylic oxidation sites excluding steroid dienone is 1. The Morgan fingerprint density at radius 3 is 2.57 bits per heavy atom. The SMILES string of the molecule is Cc1cccc(/C=C2\Oc3cc(OC(=O)c4ccccc4C)ccc3C2=O)c1. The first-order valence-corrected chi connectivity index (χ1v) is 8.94. The van der Waals surface area contributed by atoms with Crippen molar-refractivity contribution in [3.63, 3.8) is 0 Å². The molecule has 1 heterocycles. The maximum atomic E-state index is 12.6. The Bertz CT molecular complexity index is 1120. The third-order valence-corrected chi connectivity index (χ3v) is 4.56. The monoisotopic (exact) mass is 370 g/mol. The first kappa shape index (κ1) is 17.7. The lowest BCUT2D eigenvalue weighted by atomic mass is 10.1. The molecule has 1 aliphatic rings. The maximum absolute atomic E-state index is 12.6. The lowest BCUT2D eigenvalue weighted by Gasteiger charge is -2.07. The Hall–Kier alpha value is -3.66. The van der Waals surface area contributed by atoms with Crippen LogP contribution in [0.25, 0.3) is 6.08 Å². The van der Waals surface area contributed by atoms with Crippen LogP contribution in [0.3, 0.4) is 0 Å². The van der Waals surface area contributed by atoms with Gasteiger partial charge in [0, 0.05) is 6.07 Å². The number of rotatable bonds is 3. The number of Topliss-reactive ketones (excluding diaryl/α,β-unsaturated/α-hetero) is 1. The number of carbonyl (C=O) groups is 2. The lowest BCUT2D eigenvalue weighted by molar-refractivity contribution is 0.0733. The minimum atomic E-state index is -0.446. The van der Waals surface area contributed by atoms with Gasteiger partial charge in [-0.25, -0.2) is 4.79 Å². The van der Waals surface area contributed by atoms with Crippen molar-refractivity contribution in [3.8, 4) is 11.5 Å². The average Bonchev–Trinajstić information content (AvgIpc) is 2.97. The van der Waals surface area contributed by atoms with E-state index < -0.39 is 5.97 Å². The van der Waals surface area contributed by atoms with Crippen molar-refractivity contribution in [2.24, 2.45) is 0 Å². The zero-order valence-corrected chi connectivity index (χ0v) is 15.6. The number of hydrogen-bond donors (Lipinski definition) is 0. The number of aryl methyl sites for hydroxylation is 2. The van der Waals surface area contributed by atoms with E-state index in [-0.39, 0.29) is 11.5 Å². The predicted octanol–water partition coefficient (Wildman–Crippen LogP) is 5.14. The third-order valence-electron chi connectivity index (χ3n) is 4.56. The van der Waals surface area contributed by atoms with Crippen LogP contribution in [0.2, 0.25) is 0 Å². The van der Waals surface area contributed by atoms with Crippen LogP contribution in [0, 0.1) is 13.8 Å². The van der Waals surface area contributed by atoms with Crippen molar-refractivity contribution in [1.82, 2.24) is 0 Å². The molecule has 4 nitrogen and oxygen atoms in total. The van der Waals surface area contributed by atoms with E-state index in [9.17, 15) is 9.59 Å². The molecule has 0 spiro atoms. The highest BCUT2D eigenvalue weighted by Crippen LogP contribution is 2.35. The number of benzene rings is 3. The molecule has 4 heteroatoms. The first-order chi connectivity index (χ1) is 13.5. The van der Waals surface area contributed by atoms with E-state index in [0.717, 1.165) is 16.7 Å². The first-order valence-electron chi connectivity index (χ1n) is 8.94. The molecule has 0 bridgehead atoms. The molecule has 0 aliphatic carbocycles. The van der Waals surface area contributed by atoms with Gasteiger partial charge in [0.05, 0.1) is 11.1 Å². The molecule has 0 radical (unpaired) electrons. The molecule has 0 N–H and O–H groups in total. The summed E-state index contributed by atoms with van der Waals surface area (Å²) in [7, 11) is 0. The molecule has 0 fully saturated rings. The van der Waals surface area contributed by atoms with Crippen molar-refractivity contribution in [2.75, 3.05) is 0 Å². The van der Waals surface area contributed by atoms with E-state index in [1.807, 2.05) is 50.2 Å². The highest BCUT2D eigenvalue weighted by Gasteiger charge is 2.28. The normalized spacial score (nSPS) is 13.9. The van der Waals surface area contributed by atoms with E-state index in [2.05, 4.69) is 0 Å². The second kappa shape index (κ2) is 7.16. The molecule has 0 aromatic heterocycles. The van der Waals surface area contributed by atoms with E-state index in [1.165, 1.54) is 0 Å². The quantitative estimate of drug-likeness (QED) is 0.364. The zero-order chi connectivity index (χ0) is 19.7. The fraction of sp³-hybridized carbons (Fsp3) is 0.0833. The smallest absolute Gasteiger partial charge is 0.343 e. The van der Waals surface area contributed by atoms with E-state index in [1.54, 1.807) is 36.4 Å². The van der Waals surface area contributed by atoms with Gasteiger partial charge in [-0.2, -0.15) is 0 Å². The highest BCUT2D eigenvalue weighted by molar-refractivity contribution is 6.14. The number of carbonyl (C=O) groups excluding carboxylic acids is 2. The predicted molar refractivity (Wildman–Crippen MR) is 107 cm³/mol. The van der Waals surface area contributed by atoms with Crippen LogP contribution in [0.15, 0.2) is 72.5 Å². The lowest BCUT2D eigenvalue weighted by Crippen LogP contribution is -2.10. The highest BCUT2D eigenvalue weighted by atomic mass is 16.5.